The average Bonchev–Trinajstić information content (AvgIpc) is 2.12. The fourth-order valence-electron chi connectivity index (χ4n) is 2.71. The Labute approximate surface area is 99.6 Å². The molecule has 2 aliphatic rings. The van der Waals surface area contributed by atoms with E-state index in [1.165, 1.54) is 51.7 Å². The smallest absolute Gasteiger partial charge is 0.0331 e. The van der Waals surface area contributed by atoms with E-state index >= 15 is 0 Å². The Morgan fingerprint density at radius 2 is 1.71 bits per heavy atom. The molecule has 0 unspecified atom stereocenters. The Bertz CT molecular complexity index is 150. The predicted octanol–water partition coefficient (Wildman–Crippen LogP) is 2.07. The van der Waals surface area contributed by atoms with Gasteiger partial charge in [0.2, 0.25) is 0 Å². The van der Waals surface area contributed by atoms with Crippen LogP contribution in [0.25, 0.3) is 0 Å². The summed E-state index contributed by atoms with van der Waals surface area (Å²) in [5.41, 5.74) is 0.538. The zero-order chi connectivity index (χ0) is 8.44. The molecule has 1 N–H and O–H groups in total. The number of rotatable bonds is 0. The molecule has 0 atom stereocenters. The molecule has 2 nitrogen and oxygen atoms in total. The largest absolute Gasteiger partial charge is 0.314 e. The van der Waals surface area contributed by atoms with Crippen LogP contribution in [0.15, 0.2) is 0 Å². The Balaban J connectivity index is 0.000000845. The molecule has 1 heterocycles. The molecule has 1 spiro atoms. The van der Waals surface area contributed by atoms with Gasteiger partial charge in [0, 0.05) is 25.2 Å². The number of nitrogens with one attached hydrogen (secondary N) is 1. The predicted molar refractivity (Wildman–Crippen MR) is 65.8 cm³/mol. The molecular formula is C10H22Cl2N2. The molecule has 0 amide bonds. The monoisotopic (exact) mass is 240 g/mol. The van der Waals surface area contributed by atoms with Crippen molar-refractivity contribution in [1.82, 2.24) is 10.2 Å². The van der Waals surface area contributed by atoms with Gasteiger partial charge in [0.1, 0.15) is 0 Å². The van der Waals surface area contributed by atoms with Crippen molar-refractivity contribution in [2.45, 2.75) is 37.6 Å². The molecule has 1 saturated heterocycles. The van der Waals surface area contributed by atoms with E-state index in [1.54, 1.807) is 0 Å². The third kappa shape index (κ3) is 2.75. The summed E-state index contributed by atoms with van der Waals surface area (Å²) in [6, 6.07) is 0. The van der Waals surface area contributed by atoms with Crippen LogP contribution in [0.5, 0.6) is 0 Å². The quantitative estimate of drug-likeness (QED) is 0.698. The number of likely N-dealkylation sites (N-methyl/N-ethyl adjacent to an activating group) is 1. The van der Waals surface area contributed by atoms with Gasteiger partial charge >= 0.3 is 0 Å². The Morgan fingerprint density at radius 1 is 1.07 bits per heavy atom. The third-order valence-corrected chi connectivity index (χ3v) is 3.67. The van der Waals surface area contributed by atoms with Crippen molar-refractivity contribution in [1.29, 1.82) is 0 Å². The molecule has 2 fully saturated rings. The topological polar surface area (TPSA) is 15.3 Å². The summed E-state index contributed by atoms with van der Waals surface area (Å²) in [4.78, 5) is 2.59. The summed E-state index contributed by atoms with van der Waals surface area (Å²) in [6.45, 7) is 3.64. The summed E-state index contributed by atoms with van der Waals surface area (Å²) >= 11 is 0. The molecule has 0 bridgehead atoms. The van der Waals surface area contributed by atoms with E-state index in [2.05, 4.69) is 17.3 Å². The summed E-state index contributed by atoms with van der Waals surface area (Å²) in [5.74, 6) is 0. The van der Waals surface area contributed by atoms with Crippen molar-refractivity contribution in [2.24, 2.45) is 0 Å². The normalized spacial score (nSPS) is 26.4. The van der Waals surface area contributed by atoms with Gasteiger partial charge < -0.3 is 5.32 Å². The van der Waals surface area contributed by atoms with E-state index in [9.17, 15) is 0 Å². The molecule has 4 heteroatoms. The summed E-state index contributed by atoms with van der Waals surface area (Å²) in [6.07, 6.45) is 7.15. The van der Waals surface area contributed by atoms with Crippen LogP contribution in [0.2, 0.25) is 0 Å². The van der Waals surface area contributed by atoms with Gasteiger partial charge in [-0.2, -0.15) is 0 Å². The van der Waals surface area contributed by atoms with Crippen molar-refractivity contribution < 1.29 is 0 Å². The molecule has 86 valence electrons. The van der Waals surface area contributed by atoms with Crippen LogP contribution in [0.3, 0.4) is 0 Å². The maximum Gasteiger partial charge on any atom is 0.0331 e. The van der Waals surface area contributed by atoms with E-state index in [4.69, 9.17) is 0 Å². The van der Waals surface area contributed by atoms with Crippen molar-refractivity contribution in [3.05, 3.63) is 0 Å². The average molecular weight is 241 g/mol. The van der Waals surface area contributed by atoms with Crippen molar-refractivity contribution in [3.63, 3.8) is 0 Å². The minimum Gasteiger partial charge on any atom is -0.314 e. The second-order valence-electron chi connectivity index (χ2n) is 4.38. The van der Waals surface area contributed by atoms with Crippen LogP contribution in [0.4, 0.5) is 0 Å². The Morgan fingerprint density at radius 3 is 2.29 bits per heavy atom. The second-order valence-corrected chi connectivity index (χ2v) is 4.38. The first-order valence-corrected chi connectivity index (χ1v) is 5.25. The van der Waals surface area contributed by atoms with Gasteiger partial charge in [-0.05, 0) is 19.9 Å². The lowest BCUT2D eigenvalue weighted by molar-refractivity contribution is 0.0513. The van der Waals surface area contributed by atoms with E-state index < -0.39 is 0 Å². The number of halogens is 2. The first kappa shape index (κ1) is 14.5. The van der Waals surface area contributed by atoms with E-state index in [-0.39, 0.29) is 24.8 Å². The number of piperazine rings is 1. The van der Waals surface area contributed by atoms with E-state index in [1.807, 2.05) is 0 Å². The molecule has 0 radical (unpaired) electrons. The molecule has 0 aromatic rings. The molecule has 1 aliphatic heterocycles. The van der Waals surface area contributed by atoms with Crippen LogP contribution in [0, 0.1) is 0 Å². The van der Waals surface area contributed by atoms with Gasteiger partial charge in [-0.3, -0.25) is 4.90 Å². The summed E-state index contributed by atoms with van der Waals surface area (Å²) in [5, 5.41) is 3.53. The lowest BCUT2D eigenvalue weighted by Crippen LogP contribution is -2.60. The molecule has 2 rings (SSSR count). The molecule has 1 aliphatic carbocycles. The molecule has 14 heavy (non-hydrogen) atoms. The standard InChI is InChI=1S/C10H20N2.2ClH/c1-12-8-7-11-9-10(12)5-3-2-4-6-10;;/h11H,2-9H2,1H3;2*1H. The molecule has 1 saturated carbocycles. The number of hydrogen-bond acceptors (Lipinski definition) is 2. The van der Waals surface area contributed by atoms with Crippen molar-refractivity contribution >= 4 is 24.8 Å². The van der Waals surface area contributed by atoms with Crippen molar-refractivity contribution in [2.75, 3.05) is 26.7 Å². The summed E-state index contributed by atoms with van der Waals surface area (Å²) < 4.78 is 0. The SMILES string of the molecule is CN1CCNCC12CCCCC2.Cl.Cl. The van der Waals surface area contributed by atoms with Gasteiger partial charge in [-0.15, -0.1) is 24.8 Å². The highest BCUT2D eigenvalue weighted by Gasteiger charge is 2.37. The zero-order valence-electron chi connectivity index (χ0n) is 8.92. The van der Waals surface area contributed by atoms with Crippen LogP contribution >= 0.6 is 24.8 Å². The fourth-order valence-corrected chi connectivity index (χ4v) is 2.71. The van der Waals surface area contributed by atoms with Gasteiger partial charge in [0.15, 0.2) is 0 Å². The molecule has 0 aromatic heterocycles. The molecular weight excluding hydrogens is 219 g/mol. The highest BCUT2D eigenvalue weighted by atomic mass is 35.5. The highest BCUT2D eigenvalue weighted by Crippen LogP contribution is 2.33. The van der Waals surface area contributed by atoms with Crippen LogP contribution in [-0.4, -0.2) is 37.1 Å². The number of nitrogens with zero attached hydrogens (tertiary/aromatic N) is 1. The van der Waals surface area contributed by atoms with Gasteiger partial charge in [-0.25, -0.2) is 0 Å². The fraction of sp³-hybridized carbons (Fsp3) is 1.00. The first-order valence-electron chi connectivity index (χ1n) is 5.25. The van der Waals surface area contributed by atoms with Gasteiger partial charge in [0.05, 0.1) is 0 Å². The third-order valence-electron chi connectivity index (χ3n) is 3.67. The van der Waals surface area contributed by atoms with Gasteiger partial charge in [0.25, 0.3) is 0 Å². The minimum atomic E-state index is 0. The lowest BCUT2D eigenvalue weighted by atomic mass is 9.79. The second kappa shape index (κ2) is 6.16. The maximum absolute atomic E-state index is 3.53. The maximum atomic E-state index is 3.53. The highest BCUT2D eigenvalue weighted by molar-refractivity contribution is 5.85. The lowest BCUT2D eigenvalue weighted by Gasteiger charge is -2.48. The van der Waals surface area contributed by atoms with Crippen molar-refractivity contribution in [3.8, 4) is 0 Å². The minimum absolute atomic E-state index is 0. The zero-order valence-corrected chi connectivity index (χ0v) is 10.6. The summed E-state index contributed by atoms with van der Waals surface area (Å²) in [7, 11) is 2.30. The first-order chi connectivity index (χ1) is 5.83. The Kier molecular flexibility index (Phi) is 6.38. The van der Waals surface area contributed by atoms with E-state index in [0.29, 0.717) is 5.54 Å². The Hall–Kier alpha value is 0.500. The van der Waals surface area contributed by atoms with Gasteiger partial charge in [-0.1, -0.05) is 19.3 Å². The van der Waals surface area contributed by atoms with Crippen LogP contribution in [-0.2, 0) is 0 Å². The molecule has 0 aromatic carbocycles. The van der Waals surface area contributed by atoms with Crippen LogP contribution < -0.4 is 5.32 Å². The number of hydrogen-bond donors (Lipinski definition) is 1. The van der Waals surface area contributed by atoms with Crippen LogP contribution in [0.1, 0.15) is 32.1 Å². The van der Waals surface area contributed by atoms with E-state index in [0.717, 1.165) is 0 Å².